The van der Waals surface area contributed by atoms with Gasteiger partial charge in [-0.2, -0.15) is 4.31 Å². The molecule has 1 atom stereocenters. The number of carbonyl (C=O) groups is 1. The fourth-order valence-electron chi connectivity index (χ4n) is 4.58. The van der Waals surface area contributed by atoms with Gasteiger partial charge in [0.2, 0.25) is 10.0 Å². The maximum atomic E-state index is 13.7. The van der Waals surface area contributed by atoms with Gasteiger partial charge in [0.25, 0.3) is 5.91 Å². The SMILES string of the molecule is Cc1cc(OC[C@@H]2CN(S(=O)(=O)c3c(C(N)=O)[nH]c4ccc(Cl)cc34)CCO2)ccc1-c1ccccc1. The van der Waals surface area contributed by atoms with E-state index < -0.39 is 22.0 Å². The van der Waals surface area contributed by atoms with Crippen molar-refractivity contribution in [2.24, 2.45) is 5.73 Å². The minimum Gasteiger partial charge on any atom is -0.491 e. The van der Waals surface area contributed by atoms with E-state index in [2.05, 4.69) is 17.1 Å². The number of fused-ring (bicyclic) bond motifs is 1. The Balaban J connectivity index is 1.33. The average molecular weight is 540 g/mol. The quantitative estimate of drug-likeness (QED) is 0.362. The van der Waals surface area contributed by atoms with Crippen LogP contribution in [0.2, 0.25) is 5.02 Å². The van der Waals surface area contributed by atoms with E-state index in [0.29, 0.717) is 21.7 Å². The molecule has 1 aliphatic heterocycles. The van der Waals surface area contributed by atoms with Gasteiger partial charge in [0.15, 0.2) is 0 Å². The molecule has 37 heavy (non-hydrogen) atoms. The summed E-state index contributed by atoms with van der Waals surface area (Å²) in [5, 5.41) is 0.662. The van der Waals surface area contributed by atoms with E-state index in [1.807, 2.05) is 43.3 Å². The maximum absolute atomic E-state index is 13.7. The number of nitrogens with two attached hydrogens (primary N) is 1. The zero-order valence-corrected chi connectivity index (χ0v) is 21.7. The molecule has 1 aliphatic rings. The Morgan fingerprint density at radius 2 is 1.95 bits per heavy atom. The molecule has 4 aromatic rings. The number of primary amides is 1. The van der Waals surface area contributed by atoms with Crippen LogP contribution in [-0.2, 0) is 14.8 Å². The second kappa shape index (κ2) is 10.2. The fourth-order valence-corrected chi connectivity index (χ4v) is 6.54. The summed E-state index contributed by atoms with van der Waals surface area (Å²) in [6.45, 7) is 2.57. The van der Waals surface area contributed by atoms with Crippen molar-refractivity contribution in [1.82, 2.24) is 9.29 Å². The van der Waals surface area contributed by atoms with E-state index >= 15 is 0 Å². The van der Waals surface area contributed by atoms with Gasteiger partial charge in [-0.3, -0.25) is 4.79 Å². The van der Waals surface area contributed by atoms with E-state index in [9.17, 15) is 13.2 Å². The van der Waals surface area contributed by atoms with Crippen LogP contribution in [0, 0.1) is 6.92 Å². The van der Waals surface area contributed by atoms with E-state index in [1.54, 1.807) is 12.1 Å². The number of aryl methyl sites for hydroxylation is 1. The average Bonchev–Trinajstić information content (AvgIpc) is 3.28. The highest BCUT2D eigenvalue weighted by Gasteiger charge is 2.36. The van der Waals surface area contributed by atoms with Crippen LogP contribution in [-0.4, -0.2) is 56.0 Å². The highest BCUT2D eigenvalue weighted by Crippen LogP contribution is 2.32. The van der Waals surface area contributed by atoms with E-state index in [0.717, 1.165) is 16.7 Å². The third-order valence-electron chi connectivity index (χ3n) is 6.38. The number of amides is 1. The molecule has 0 saturated carbocycles. The molecular formula is C27H26ClN3O5S. The lowest BCUT2D eigenvalue weighted by atomic mass is 10.0. The van der Waals surface area contributed by atoms with Crippen LogP contribution in [0.1, 0.15) is 16.1 Å². The van der Waals surface area contributed by atoms with Crippen molar-refractivity contribution < 1.29 is 22.7 Å². The van der Waals surface area contributed by atoms with Gasteiger partial charge >= 0.3 is 0 Å². The standard InChI is InChI=1S/C27H26ClN3O5S/c1-17-13-20(8-9-22(17)18-5-3-2-4-6-18)36-16-21-15-31(11-12-35-21)37(33,34)26-23-14-19(28)7-10-24(23)30-25(26)27(29)32/h2-10,13-14,21,30H,11-12,15-16H2,1H3,(H2,29,32)/t21-/m0/s1. The molecule has 0 radical (unpaired) electrons. The van der Waals surface area contributed by atoms with Crippen molar-refractivity contribution in [3.05, 3.63) is 83.0 Å². The topological polar surface area (TPSA) is 115 Å². The van der Waals surface area contributed by atoms with Gasteiger partial charge in [-0.1, -0.05) is 48.0 Å². The Labute approximate surface area is 220 Å². The predicted octanol–water partition coefficient (Wildman–Crippen LogP) is 4.36. The summed E-state index contributed by atoms with van der Waals surface area (Å²) in [7, 11) is -4.09. The largest absolute Gasteiger partial charge is 0.491 e. The zero-order chi connectivity index (χ0) is 26.2. The number of benzene rings is 3. The fraction of sp³-hybridized carbons (Fsp3) is 0.222. The number of H-pyrrole nitrogens is 1. The number of rotatable bonds is 7. The minimum atomic E-state index is -4.09. The highest BCUT2D eigenvalue weighted by molar-refractivity contribution is 7.89. The first-order valence-corrected chi connectivity index (χ1v) is 13.6. The van der Waals surface area contributed by atoms with Crippen LogP contribution >= 0.6 is 11.6 Å². The van der Waals surface area contributed by atoms with Crippen LogP contribution in [0.5, 0.6) is 5.75 Å². The predicted molar refractivity (Wildman–Crippen MR) is 142 cm³/mol. The normalized spacial score (nSPS) is 16.6. The summed E-state index contributed by atoms with van der Waals surface area (Å²) in [5.74, 6) is -0.198. The number of hydrogen-bond donors (Lipinski definition) is 2. The van der Waals surface area contributed by atoms with Crippen molar-refractivity contribution >= 4 is 38.4 Å². The molecule has 0 spiro atoms. The van der Waals surface area contributed by atoms with Gasteiger partial charge in [-0.05, 0) is 53.9 Å². The van der Waals surface area contributed by atoms with Crippen LogP contribution in [0.25, 0.3) is 22.0 Å². The van der Waals surface area contributed by atoms with Crippen molar-refractivity contribution in [1.29, 1.82) is 0 Å². The number of sulfonamides is 1. The molecule has 1 fully saturated rings. The van der Waals surface area contributed by atoms with Gasteiger partial charge in [0.1, 0.15) is 29.0 Å². The van der Waals surface area contributed by atoms with Crippen molar-refractivity contribution in [3.63, 3.8) is 0 Å². The summed E-state index contributed by atoms with van der Waals surface area (Å²) < 4.78 is 40.5. The molecule has 3 aromatic carbocycles. The number of carbonyl (C=O) groups excluding carboxylic acids is 1. The Kier molecular flexibility index (Phi) is 6.96. The first-order chi connectivity index (χ1) is 17.7. The smallest absolute Gasteiger partial charge is 0.266 e. The minimum absolute atomic E-state index is 0.0643. The van der Waals surface area contributed by atoms with Gasteiger partial charge in [-0.25, -0.2) is 8.42 Å². The van der Waals surface area contributed by atoms with E-state index in [-0.39, 0.29) is 36.9 Å². The first kappa shape index (κ1) is 25.3. The molecule has 8 nitrogen and oxygen atoms in total. The van der Waals surface area contributed by atoms with Crippen LogP contribution in [0.4, 0.5) is 0 Å². The number of morpholine rings is 1. The van der Waals surface area contributed by atoms with Gasteiger partial charge in [0.05, 0.1) is 6.61 Å². The Hall–Kier alpha value is -3.37. The first-order valence-electron chi connectivity index (χ1n) is 11.8. The summed E-state index contributed by atoms with van der Waals surface area (Å²) in [6.07, 6.45) is -0.497. The Bertz CT molecular complexity index is 1570. The number of nitrogens with zero attached hydrogens (tertiary/aromatic N) is 1. The summed E-state index contributed by atoms with van der Waals surface area (Å²) in [6, 6.07) is 20.7. The summed E-state index contributed by atoms with van der Waals surface area (Å²) >= 11 is 6.12. The molecule has 0 unspecified atom stereocenters. The van der Waals surface area contributed by atoms with Crippen molar-refractivity contribution in [2.45, 2.75) is 17.9 Å². The lowest BCUT2D eigenvalue weighted by Crippen LogP contribution is -2.47. The Morgan fingerprint density at radius 3 is 2.68 bits per heavy atom. The number of aromatic amines is 1. The molecule has 5 rings (SSSR count). The second-order valence-corrected chi connectivity index (χ2v) is 11.2. The molecule has 192 valence electrons. The molecule has 1 amide bonds. The summed E-state index contributed by atoms with van der Waals surface area (Å²) in [5.41, 5.74) is 9.09. The van der Waals surface area contributed by atoms with Gasteiger partial charge in [0, 0.05) is 29.0 Å². The molecule has 2 heterocycles. The third-order valence-corrected chi connectivity index (χ3v) is 8.56. The molecule has 1 saturated heterocycles. The summed E-state index contributed by atoms with van der Waals surface area (Å²) in [4.78, 5) is 14.7. The van der Waals surface area contributed by atoms with Gasteiger partial charge in [-0.15, -0.1) is 0 Å². The molecular weight excluding hydrogens is 514 g/mol. The Morgan fingerprint density at radius 1 is 1.16 bits per heavy atom. The van der Waals surface area contributed by atoms with Crippen LogP contribution in [0.3, 0.4) is 0 Å². The monoisotopic (exact) mass is 539 g/mol. The zero-order valence-electron chi connectivity index (χ0n) is 20.1. The molecule has 1 aromatic heterocycles. The lowest BCUT2D eigenvalue weighted by Gasteiger charge is -2.32. The lowest BCUT2D eigenvalue weighted by molar-refractivity contribution is -0.0249. The van der Waals surface area contributed by atoms with Gasteiger partial charge < -0.3 is 20.2 Å². The number of hydrogen-bond acceptors (Lipinski definition) is 5. The third kappa shape index (κ3) is 5.08. The molecule has 0 bridgehead atoms. The number of aromatic nitrogens is 1. The molecule has 10 heteroatoms. The van der Waals surface area contributed by atoms with Crippen molar-refractivity contribution in [3.8, 4) is 16.9 Å². The number of ether oxygens (including phenoxy) is 2. The maximum Gasteiger partial charge on any atom is 0.266 e. The number of halogens is 1. The highest BCUT2D eigenvalue weighted by atomic mass is 35.5. The van der Waals surface area contributed by atoms with E-state index in [4.69, 9.17) is 26.8 Å². The van der Waals surface area contributed by atoms with E-state index in [1.165, 1.54) is 10.4 Å². The van der Waals surface area contributed by atoms with Crippen LogP contribution < -0.4 is 10.5 Å². The number of nitrogens with one attached hydrogen (secondary N) is 1. The second-order valence-electron chi connectivity index (χ2n) is 8.89. The molecule has 0 aliphatic carbocycles. The van der Waals surface area contributed by atoms with Crippen molar-refractivity contribution in [2.75, 3.05) is 26.3 Å². The van der Waals surface area contributed by atoms with Crippen LogP contribution in [0.15, 0.2) is 71.6 Å². The molecule has 3 N–H and O–H groups in total.